The van der Waals surface area contributed by atoms with Gasteiger partial charge in [0, 0.05) is 16.0 Å². The maximum atomic E-state index is 6.39. The van der Waals surface area contributed by atoms with Gasteiger partial charge in [-0.05, 0) is 42.0 Å². The average molecular weight is 412 g/mol. The number of rotatable bonds is 4. The lowest BCUT2D eigenvalue weighted by atomic mass is 10.2. The summed E-state index contributed by atoms with van der Waals surface area (Å²) in [6, 6.07) is 14.4. The molecule has 0 fully saturated rings. The summed E-state index contributed by atoms with van der Waals surface area (Å²) in [4.78, 5) is 12.9. The third kappa shape index (κ3) is 3.78. The van der Waals surface area contributed by atoms with Crippen molar-refractivity contribution in [2.45, 2.75) is 6.61 Å². The van der Waals surface area contributed by atoms with E-state index in [2.05, 4.69) is 15.0 Å². The highest BCUT2D eigenvalue weighted by Gasteiger charge is 2.11. The van der Waals surface area contributed by atoms with Gasteiger partial charge in [-0.1, -0.05) is 35.3 Å². The third-order valence-electron chi connectivity index (χ3n) is 4.11. The molecule has 0 atom stereocenters. The molecular weight excluding hydrogens is 397 g/mol. The second kappa shape index (κ2) is 7.50. The normalized spacial score (nSPS) is 10.9. The fourth-order valence-corrected chi connectivity index (χ4v) is 3.19. The van der Waals surface area contributed by atoms with Gasteiger partial charge in [-0.15, -0.1) is 0 Å². The smallest absolute Gasteiger partial charge is 0.162 e. The molecule has 2 heterocycles. The number of nitrogens with two attached hydrogens (primary N) is 2. The van der Waals surface area contributed by atoms with Gasteiger partial charge in [-0.3, -0.25) is 0 Å². The standard InChI is InChI=1S/C20H15Cl2N5O/c21-13-3-1-2-11(6-13)10-28-17-5-4-12(7-15(17)22)20-26-16-9-25-18(23)8-14(16)19(24)27-20/h1-9H,10H2,(H2,23,25)(H2,24,26,27). The summed E-state index contributed by atoms with van der Waals surface area (Å²) in [6.45, 7) is 0.353. The van der Waals surface area contributed by atoms with Crippen LogP contribution in [0.25, 0.3) is 22.3 Å². The van der Waals surface area contributed by atoms with E-state index in [1.165, 1.54) is 0 Å². The lowest BCUT2D eigenvalue weighted by molar-refractivity contribution is 0.306. The Balaban J connectivity index is 1.60. The van der Waals surface area contributed by atoms with Crippen LogP contribution in [0.5, 0.6) is 5.75 Å². The Bertz CT molecular complexity index is 1180. The molecule has 0 saturated heterocycles. The van der Waals surface area contributed by atoms with E-state index in [1.54, 1.807) is 24.4 Å². The average Bonchev–Trinajstić information content (AvgIpc) is 2.67. The van der Waals surface area contributed by atoms with Crippen molar-refractivity contribution < 1.29 is 4.74 Å². The molecule has 2 aromatic carbocycles. The number of aromatic nitrogens is 3. The first kappa shape index (κ1) is 18.3. The van der Waals surface area contributed by atoms with Crippen LogP contribution < -0.4 is 16.2 Å². The number of pyridine rings is 1. The quantitative estimate of drug-likeness (QED) is 0.502. The summed E-state index contributed by atoms with van der Waals surface area (Å²) in [5, 5.41) is 1.76. The van der Waals surface area contributed by atoms with Crippen LogP contribution >= 0.6 is 23.2 Å². The minimum absolute atomic E-state index is 0.325. The lowest BCUT2D eigenvalue weighted by Crippen LogP contribution is -2.00. The Hall–Kier alpha value is -3.09. The largest absolute Gasteiger partial charge is 0.487 e. The molecule has 0 aliphatic rings. The second-order valence-corrected chi connectivity index (χ2v) is 6.97. The third-order valence-corrected chi connectivity index (χ3v) is 4.64. The van der Waals surface area contributed by atoms with E-state index in [-0.39, 0.29) is 0 Å². The van der Waals surface area contributed by atoms with Gasteiger partial charge in [0.05, 0.1) is 16.7 Å². The van der Waals surface area contributed by atoms with Gasteiger partial charge < -0.3 is 16.2 Å². The number of hydrogen-bond donors (Lipinski definition) is 2. The molecule has 0 amide bonds. The van der Waals surface area contributed by atoms with Crippen molar-refractivity contribution in [3.8, 4) is 17.1 Å². The van der Waals surface area contributed by atoms with Crippen LogP contribution in [0.3, 0.4) is 0 Å². The Kier molecular flexibility index (Phi) is 4.90. The Labute approximate surface area is 171 Å². The second-order valence-electron chi connectivity index (χ2n) is 6.12. The minimum Gasteiger partial charge on any atom is -0.487 e. The fraction of sp³-hybridized carbons (Fsp3) is 0.0500. The van der Waals surface area contributed by atoms with E-state index in [4.69, 9.17) is 39.4 Å². The molecule has 0 bridgehead atoms. The maximum Gasteiger partial charge on any atom is 0.162 e. The summed E-state index contributed by atoms with van der Waals surface area (Å²) in [6.07, 6.45) is 1.57. The molecule has 140 valence electrons. The van der Waals surface area contributed by atoms with Crippen molar-refractivity contribution >= 4 is 45.7 Å². The first-order chi connectivity index (χ1) is 13.5. The molecule has 2 aromatic heterocycles. The van der Waals surface area contributed by atoms with E-state index in [0.717, 1.165) is 5.56 Å². The summed E-state index contributed by atoms with van der Waals surface area (Å²) in [5.41, 5.74) is 14.0. The zero-order valence-corrected chi connectivity index (χ0v) is 16.1. The highest BCUT2D eigenvalue weighted by molar-refractivity contribution is 6.32. The monoisotopic (exact) mass is 411 g/mol. The molecule has 0 radical (unpaired) electrons. The van der Waals surface area contributed by atoms with E-state index in [9.17, 15) is 0 Å². The van der Waals surface area contributed by atoms with Crippen molar-refractivity contribution in [3.05, 3.63) is 70.3 Å². The number of ether oxygens (including phenoxy) is 1. The Morgan fingerprint density at radius 1 is 0.964 bits per heavy atom. The van der Waals surface area contributed by atoms with Gasteiger partial charge in [-0.25, -0.2) is 15.0 Å². The van der Waals surface area contributed by atoms with Crippen LogP contribution in [-0.4, -0.2) is 15.0 Å². The van der Waals surface area contributed by atoms with Gasteiger partial charge >= 0.3 is 0 Å². The van der Waals surface area contributed by atoms with Crippen molar-refractivity contribution in [1.29, 1.82) is 0 Å². The predicted molar refractivity (Wildman–Crippen MR) is 112 cm³/mol. The summed E-state index contributed by atoms with van der Waals surface area (Å²) < 4.78 is 5.80. The molecule has 4 rings (SSSR count). The zero-order chi connectivity index (χ0) is 19.7. The Morgan fingerprint density at radius 2 is 1.82 bits per heavy atom. The van der Waals surface area contributed by atoms with Gasteiger partial charge in [-0.2, -0.15) is 0 Å². The Morgan fingerprint density at radius 3 is 2.61 bits per heavy atom. The molecule has 28 heavy (non-hydrogen) atoms. The first-order valence-electron chi connectivity index (χ1n) is 8.35. The fourth-order valence-electron chi connectivity index (χ4n) is 2.75. The number of nitrogen functional groups attached to an aromatic ring is 2. The molecule has 4 N–H and O–H groups in total. The molecule has 6 nitrogen and oxygen atoms in total. The number of anilines is 2. The lowest BCUT2D eigenvalue weighted by Gasteiger charge is -2.10. The van der Waals surface area contributed by atoms with Crippen LogP contribution in [0, 0.1) is 0 Å². The molecule has 8 heteroatoms. The van der Waals surface area contributed by atoms with Crippen molar-refractivity contribution in [3.63, 3.8) is 0 Å². The number of hydrogen-bond acceptors (Lipinski definition) is 6. The molecule has 0 saturated carbocycles. The van der Waals surface area contributed by atoms with Crippen LogP contribution in [0.4, 0.5) is 11.6 Å². The molecule has 0 aliphatic heterocycles. The summed E-state index contributed by atoms with van der Waals surface area (Å²) >= 11 is 12.4. The number of halogens is 2. The van der Waals surface area contributed by atoms with Crippen LogP contribution in [0.15, 0.2) is 54.7 Å². The van der Waals surface area contributed by atoms with Crippen molar-refractivity contribution in [2.75, 3.05) is 11.5 Å². The molecule has 0 unspecified atom stereocenters. The van der Waals surface area contributed by atoms with Gasteiger partial charge in [0.2, 0.25) is 0 Å². The summed E-state index contributed by atoms with van der Waals surface area (Å²) in [7, 11) is 0. The SMILES string of the molecule is Nc1cc2c(N)nc(-c3ccc(OCc4cccc(Cl)c4)c(Cl)c3)nc2cn1. The van der Waals surface area contributed by atoms with E-state index in [0.29, 0.717) is 56.3 Å². The maximum absolute atomic E-state index is 6.39. The molecule has 0 aliphatic carbocycles. The highest BCUT2D eigenvalue weighted by atomic mass is 35.5. The molecular formula is C20H15Cl2N5O. The van der Waals surface area contributed by atoms with Crippen LogP contribution in [0.1, 0.15) is 5.56 Å². The van der Waals surface area contributed by atoms with Crippen molar-refractivity contribution in [2.24, 2.45) is 0 Å². The zero-order valence-electron chi connectivity index (χ0n) is 14.6. The number of fused-ring (bicyclic) bond motifs is 1. The van der Waals surface area contributed by atoms with Gasteiger partial charge in [0.25, 0.3) is 0 Å². The van der Waals surface area contributed by atoms with Gasteiger partial charge in [0.15, 0.2) is 5.82 Å². The van der Waals surface area contributed by atoms with Gasteiger partial charge in [0.1, 0.15) is 24.0 Å². The molecule has 0 spiro atoms. The number of nitrogens with zero attached hydrogens (tertiary/aromatic N) is 3. The van der Waals surface area contributed by atoms with Crippen LogP contribution in [0.2, 0.25) is 10.0 Å². The minimum atomic E-state index is 0.325. The highest BCUT2D eigenvalue weighted by Crippen LogP contribution is 2.31. The first-order valence-corrected chi connectivity index (χ1v) is 9.11. The van der Waals surface area contributed by atoms with E-state index < -0.39 is 0 Å². The van der Waals surface area contributed by atoms with E-state index >= 15 is 0 Å². The summed E-state index contributed by atoms with van der Waals surface area (Å²) in [5.74, 6) is 1.68. The topological polar surface area (TPSA) is 99.9 Å². The van der Waals surface area contributed by atoms with Crippen LogP contribution in [-0.2, 0) is 6.61 Å². The van der Waals surface area contributed by atoms with Crippen molar-refractivity contribution in [1.82, 2.24) is 15.0 Å². The predicted octanol–water partition coefficient (Wildman–Crippen LogP) is 4.74. The molecule has 4 aromatic rings. The number of benzene rings is 2. The van der Waals surface area contributed by atoms with E-state index in [1.807, 2.05) is 30.3 Å².